The van der Waals surface area contributed by atoms with Crippen molar-refractivity contribution in [3.63, 3.8) is 0 Å². The van der Waals surface area contributed by atoms with Crippen LogP contribution in [0.5, 0.6) is 17.2 Å². The van der Waals surface area contributed by atoms with Crippen molar-refractivity contribution < 1.29 is 28.6 Å². The summed E-state index contributed by atoms with van der Waals surface area (Å²) in [5.41, 5.74) is 1.28. The fourth-order valence-electron chi connectivity index (χ4n) is 3.79. The predicted octanol–water partition coefficient (Wildman–Crippen LogP) is 5.08. The van der Waals surface area contributed by atoms with E-state index in [1.54, 1.807) is 42.5 Å². The number of hydrazone groups is 1. The number of aromatic hydroxyl groups is 1. The maximum absolute atomic E-state index is 13.6. The number of amides is 2. The van der Waals surface area contributed by atoms with Crippen molar-refractivity contribution in [2.75, 3.05) is 13.7 Å². The standard InChI is InChI=1S/C28H28FN3O5S/c1-4-17(2)30-24(34)16-37-23-11-7-9-21(25(23)36-3)28-32(27(35)20-8-5-6-10-22(20)33)31-26(38-28)18-12-14-19(29)15-13-18/h5-15,17,28,33H,4,16H2,1-3H3,(H,30,34)/t17-,28+/m0/s1. The van der Waals surface area contributed by atoms with E-state index in [-0.39, 0.29) is 35.7 Å². The second kappa shape index (κ2) is 12.0. The van der Waals surface area contributed by atoms with Gasteiger partial charge in [0.15, 0.2) is 18.1 Å². The summed E-state index contributed by atoms with van der Waals surface area (Å²) in [6.45, 7) is 3.67. The van der Waals surface area contributed by atoms with E-state index >= 15 is 0 Å². The molecule has 0 fully saturated rings. The molecular weight excluding hydrogens is 509 g/mol. The predicted molar refractivity (Wildman–Crippen MR) is 144 cm³/mol. The SMILES string of the molecule is CC[C@H](C)NC(=O)COc1cccc([C@H]2SC(c3ccc(F)cc3)=NN2C(=O)c2ccccc2O)c1OC. The van der Waals surface area contributed by atoms with Crippen molar-refractivity contribution in [3.8, 4) is 17.2 Å². The summed E-state index contributed by atoms with van der Waals surface area (Å²) in [7, 11) is 1.47. The van der Waals surface area contributed by atoms with Gasteiger partial charge in [0.25, 0.3) is 11.8 Å². The minimum atomic E-state index is -0.699. The first-order valence-corrected chi connectivity index (χ1v) is 12.9. The van der Waals surface area contributed by atoms with Gasteiger partial charge in [-0.3, -0.25) is 9.59 Å². The van der Waals surface area contributed by atoms with Gasteiger partial charge in [-0.15, -0.1) is 0 Å². The number of thioether (sulfide) groups is 1. The van der Waals surface area contributed by atoms with Crippen LogP contribution in [0.2, 0.25) is 0 Å². The summed E-state index contributed by atoms with van der Waals surface area (Å²) < 4.78 is 25.0. The smallest absolute Gasteiger partial charge is 0.279 e. The number of phenolic OH excluding ortho intramolecular Hbond substituents is 1. The molecule has 3 aromatic carbocycles. The topological polar surface area (TPSA) is 100 Å². The first-order chi connectivity index (χ1) is 18.3. The van der Waals surface area contributed by atoms with E-state index in [9.17, 15) is 19.1 Å². The number of nitrogens with one attached hydrogen (secondary N) is 1. The van der Waals surface area contributed by atoms with Crippen LogP contribution in [0.4, 0.5) is 4.39 Å². The Bertz CT molecular complexity index is 1350. The lowest BCUT2D eigenvalue weighted by Gasteiger charge is -2.24. The number of rotatable bonds is 9. The van der Waals surface area contributed by atoms with E-state index in [2.05, 4.69) is 10.4 Å². The fraction of sp³-hybridized carbons (Fsp3) is 0.250. The first-order valence-electron chi connectivity index (χ1n) is 12.0. The van der Waals surface area contributed by atoms with Gasteiger partial charge >= 0.3 is 0 Å². The first kappa shape index (κ1) is 27.0. The largest absolute Gasteiger partial charge is 0.507 e. The lowest BCUT2D eigenvalue weighted by Crippen LogP contribution is -2.35. The van der Waals surface area contributed by atoms with Crippen LogP contribution < -0.4 is 14.8 Å². The van der Waals surface area contributed by atoms with Crippen LogP contribution in [-0.2, 0) is 4.79 Å². The fourth-order valence-corrected chi connectivity index (χ4v) is 4.97. The molecule has 0 saturated heterocycles. The van der Waals surface area contributed by atoms with Gasteiger partial charge in [-0.2, -0.15) is 5.10 Å². The number of carbonyl (C=O) groups is 2. The van der Waals surface area contributed by atoms with Gasteiger partial charge in [0, 0.05) is 17.2 Å². The number of hydrogen-bond acceptors (Lipinski definition) is 7. The summed E-state index contributed by atoms with van der Waals surface area (Å²) in [6.07, 6.45) is 0.792. The zero-order valence-corrected chi connectivity index (χ0v) is 22.0. The quantitative estimate of drug-likeness (QED) is 0.395. The van der Waals surface area contributed by atoms with Crippen molar-refractivity contribution in [3.05, 3.63) is 89.2 Å². The molecule has 0 aromatic heterocycles. The molecule has 1 heterocycles. The number of para-hydroxylation sites is 2. The van der Waals surface area contributed by atoms with E-state index in [1.807, 2.05) is 13.8 Å². The number of methoxy groups -OCH3 is 1. The maximum atomic E-state index is 13.6. The Kier molecular flexibility index (Phi) is 8.52. The van der Waals surface area contributed by atoms with Crippen LogP contribution in [0.25, 0.3) is 0 Å². The molecule has 0 spiro atoms. The van der Waals surface area contributed by atoms with Gasteiger partial charge in [-0.1, -0.05) is 43.0 Å². The number of ether oxygens (including phenoxy) is 2. The normalized spacial score (nSPS) is 15.5. The van der Waals surface area contributed by atoms with E-state index in [4.69, 9.17) is 9.47 Å². The monoisotopic (exact) mass is 537 g/mol. The van der Waals surface area contributed by atoms with Crippen molar-refractivity contribution >= 4 is 28.6 Å². The highest BCUT2D eigenvalue weighted by Crippen LogP contribution is 2.47. The molecule has 0 unspecified atom stereocenters. The molecule has 0 radical (unpaired) electrons. The van der Waals surface area contributed by atoms with Crippen molar-refractivity contribution in [2.24, 2.45) is 5.10 Å². The van der Waals surface area contributed by atoms with Crippen LogP contribution in [0.3, 0.4) is 0 Å². The summed E-state index contributed by atoms with van der Waals surface area (Å²) in [6, 6.07) is 17.2. The number of halogens is 1. The highest BCUT2D eigenvalue weighted by atomic mass is 32.2. The Morgan fingerprint density at radius 2 is 1.87 bits per heavy atom. The molecule has 8 nitrogen and oxygen atoms in total. The van der Waals surface area contributed by atoms with Crippen LogP contribution >= 0.6 is 11.8 Å². The minimum Gasteiger partial charge on any atom is -0.507 e. The molecule has 0 bridgehead atoms. The zero-order chi connectivity index (χ0) is 27.2. The van der Waals surface area contributed by atoms with Crippen molar-refractivity contribution in [1.82, 2.24) is 10.3 Å². The molecule has 4 rings (SSSR count). The molecule has 2 amide bonds. The van der Waals surface area contributed by atoms with Gasteiger partial charge in [0.05, 0.1) is 12.7 Å². The van der Waals surface area contributed by atoms with E-state index in [0.29, 0.717) is 27.7 Å². The Morgan fingerprint density at radius 1 is 1.13 bits per heavy atom. The number of hydrogen-bond donors (Lipinski definition) is 2. The molecule has 2 N–H and O–H groups in total. The van der Waals surface area contributed by atoms with Crippen molar-refractivity contribution in [2.45, 2.75) is 31.7 Å². The van der Waals surface area contributed by atoms with Crippen LogP contribution in [0, 0.1) is 5.82 Å². The number of carbonyl (C=O) groups excluding carboxylic acids is 2. The summed E-state index contributed by atoms with van der Waals surface area (Å²) >= 11 is 1.27. The van der Waals surface area contributed by atoms with Crippen molar-refractivity contribution in [1.29, 1.82) is 0 Å². The second-order valence-electron chi connectivity index (χ2n) is 8.59. The van der Waals surface area contributed by atoms with Gasteiger partial charge in [-0.25, -0.2) is 9.40 Å². The molecule has 1 aliphatic rings. The van der Waals surface area contributed by atoms with Crippen LogP contribution in [-0.4, -0.2) is 46.7 Å². The summed E-state index contributed by atoms with van der Waals surface area (Å²) in [4.78, 5) is 25.9. The molecule has 198 valence electrons. The van der Waals surface area contributed by atoms with E-state index in [1.165, 1.54) is 48.1 Å². The highest BCUT2D eigenvalue weighted by Gasteiger charge is 2.37. The summed E-state index contributed by atoms with van der Waals surface area (Å²) in [5.74, 6) is -0.690. The molecule has 2 atom stereocenters. The Labute approximate surface area is 224 Å². The third kappa shape index (κ3) is 5.91. The molecular formula is C28H28FN3O5S. The van der Waals surface area contributed by atoms with Crippen LogP contribution in [0.1, 0.15) is 47.1 Å². The third-order valence-corrected chi connectivity index (χ3v) is 7.15. The molecule has 10 heteroatoms. The zero-order valence-electron chi connectivity index (χ0n) is 21.2. The van der Waals surface area contributed by atoms with E-state index in [0.717, 1.165) is 6.42 Å². The molecule has 0 saturated carbocycles. The molecule has 3 aromatic rings. The minimum absolute atomic E-state index is 0.0187. The maximum Gasteiger partial charge on any atom is 0.279 e. The van der Waals surface area contributed by atoms with Gasteiger partial charge in [-0.05, 0) is 55.8 Å². The van der Waals surface area contributed by atoms with Gasteiger partial charge in [0.1, 0.15) is 22.0 Å². The van der Waals surface area contributed by atoms with Crippen LogP contribution in [0.15, 0.2) is 71.8 Å². The Hall–Kier alpha value is -4.05. The Morgan fingerprint density at radius 3 is 2.55 bits per heavy atom. The number of benzene rings is 3. The number of phenols is 1. The lowest BCUT2D eigenvalue weighted by atomic mass is 10.1. The molecule has 38 heavy (non-hydrogen) atoms. The Balaban J connectivity index is 1.69. The number of nitrogens with zero attached hydrogens (tertiary/aromatic N) is 2. The van der Waals surface area contributed by atoms with Gasteiger partial charge < -0.3 is 19.9 Å². The average Bonchev–Trinajstić information content (AvgIpc) is 3.37. The average molecular weight is 538 g/mol. The second-order valence-corrected chi connectivity index (χ2v) is 9.66. The van der Waals surface area contributed by atoms with E-state index < -0.39 is 11.3 Å². The highest BCUT2D eigenvalue weighted by molar-refractivity contribution is 8.14. The van der Waals surface area contributed by atoms with Gasteiger partial charge in [0.2, 0.25) is 0 Å². The molecule has 0 aliphatic carbocycles. The lowest BCUT2D eigenvalue weighted by molar-refractivity contribution is -0.123. The third-order valence-electron chi connectivity index (χ3n) is 5.94. The molecule has 1 aliphatic heterocycles. The summed E-state index contributed by atoms with van der Waals surface area (Å²) in [5, 5.41) is 18.8.